The maximum absolute atomic E-state index is 5.86. The van der Waals surface area contributed by atoms with Gasteiger partial charge >= 0.3 is 0 Å². The van der Waals surface area contributed by atoms with Gasteiger partial charge in [0.1, 0.15) is 0 Å². The van der Waals surface area contributed by atoms with Gasteiger partial charge < -0.3 is 10.6 Å². The first kappa shape index (κ1) is 10.3. The van der Waals surface area contributed by atoms with Crippen LogP contribution in [0.1, 0.15) is 13.3 Å². The van der Waals surface area contributed by atoms with E-state index in [1.54, 1.807) is 0 Å². The Morgan fingerprint density at radius 2 is 2.13 bits per heavy atom. The first-order valence-electron chi connectivity index (χ1n) is 5.07. The molecule has 0 saturated heterocycles. The van der Waals surface area contributed by atoms with Crippen LogP contribution in [-0.2, 0) is 0 Å². The summed E-state index contributed by atoms with van der Waals surface area (Å²) in [6.45, 7) is 2.92. The van der Waals surface area contributed by atoms with E-state index in [1.165, 1.54) is 0 Å². The topological polar surface area (TPSA) is 41.6 Å². The lowest BCUT2D eigenvalue weighted by molar-refractivity contribution is 0.684. The second-order valence-corrected chi connectivity index (χ2v) is 4.04. The summed E-state index contributed by atoms with van der Waals surface area (Å²) >= 11 is 5.85. The molecule has 0 bridgehead atoms. The predicted octanol–water partition coefficient (Wildman–Crippen LogP) is 2.25. The van der Waals surface area contributed by atoms with Gasteiger partial charge in [0.05, 0.1) is 12.6 Å². The van der Waals surface area contributed by atoms with E-state index >= 15 is 0 Å². The van der Waals surface area contributed by atoms with Crippen LogP contribution in [0.25, 0.3) is 0 Å². The standard InChI is InChI=1S/C11H14ClN3/c1-2-9-7-14-11(13)15(9)10-5-3-8(12)4-6-10/h3-6,9H,2,7H2,1H3,(H2,13,14). The van der Waals surface area contributed by atoms with Gasteiger partial charge in [0, 0.05) is 10.7 Å². The number of anilines is 1. The minimum Gasteiger partial charge on any atom is -0.370 e. The van der Waals surface area contributed by atoms with Crippen LogP contribution in [0.2, 0.25) is 5.02 Å². The van der Waals surface area contributed by atoms with E-state index in [-0.39, 0.29) is 0 Å². The molecule has 2 N–H and O–H groups in total. The molecule has 0 amide bonds. The Labute approximate surface area is 94.5 Å². The number of nitrogens with zero attached hydrogens (tertiary/aromatic N) is 2. The maximum Gasteiger partial charge on any atom is 0.196 e. The summed E-state index contributed by atoms with van der Waals surface area (Å²) in [5, 5.41) is 0.738. The normalized spacial score (nSPS) is 20.5. The molecule has 0 aromatic heterocycles. The van der Waals surface area contributed by atoms with Crippen LogP contribution in [0.5, 0.6) is 0 Å². The lowest BCUT2D eigenvalue weighted by Crippen LogP contribution is -2.40. The van der Waals surface area contributed by atoms with Crippen molar-refractivity contribution in [3.63, 3.8) is 0 Å². The van der Waals surface area contributed by atoms with Gasteiger partial charge in [-0.05, 0) is 30.7 Å². The fourth-order valence-corrected chi connectivity index (χ4v) is 1.93. The number of hydrogen-bond donors (Lipinski definition) is 1. The first-order chi connectivity index (χ1) is 7.22. The van der Waals surface area contributed by atoms with Crippen LogP contribution < -0.4 is 10.6 Å². The van der Waals surface area contributed by atoms with Crippen LogP contribution in [0.15, 0.2) is 29.3 Å². The number of halogens is 1. The highest BCUT2D eigenvalue weighted by molar-refractivity contribution is 6.30. The molecular weight excluding hydrogens is 210 g/mol. The highest BCUT2D eigenvalue weighted by Gasteiger charge is 2.25. The van der Waals surface area contributed by atoms with Gasteiger partial charge in [-0.15, -0.1) is 0 Å². The third-order valence-electron chi connectivity index (χ3n) is 2.65. The molecule has 0 saturated carbocycles. The van der Waals surface area contributed by atoms with Gasteiger partial charge in [-0.1, -0.05) is 18.5 Å². The number of aliphatic imine (C=N–C) groups is 1. The molecule has 1 aliphatic rings. The second kappa shape index (κ2) is 4.11. The van der Waals surface area contributed by atoms with Gasteiger partial charge in [-0.2, -0.15) is 0 Å². The summed E-state index contributed by atoms with van der Waals surface area (Å²) in [5.41, 5.74) is 6.92. The van der Waals surface area contributed by atoms with Gasteiger partial charge in [0.15, 0.2) is 5.96 Å². The lowest BCUT2D eigenvalue weighted by atomic mass is 10.2. The molecule has 1 heterocycles. The van der Waals surface area contributed by atoms with E-state index in [2.05, 4.69) is 16.8 Å². The van der Waals surface area contributed by atoms with Crippen LogP contribution >= 0.6 is 11.6 Å². The molecule has 2 rings (SSSR count). The average Bonchev–Trinajstić information content (AvgIpc) is 2.61. The van der Waals surface area contributed by atoms with Crippen LogP contribution in [-0.4, -0.2) is 18.5 Å². The van der Waals surface area contributed by atoms with Gasteiger partial charge in [-0.3, -0.25) is 4.99 Å². The molecule has 1 atom stereocenters. The maximum atomic E-state index is 5.86. The lowest BCUT2D eigenvalue weighted by Gasteiger charge is -2.25. The molecule has 1 unspecified atom stereocenters. The smallest absolute Gasteiger partial charge is 0.196 e. The molecule has 0 fully saturated rings. The van der Waals surface area contributed by atoms with E-state index in [0.29, 0.717) is 12.0 Å². The van der Waals surface area contributed by atoms with Crippen LogP contribution in [0.3, 0.4) is 0 Å². The van der Waals surface area contributed by atoms with Gasteiger partial charge in [0.2, 0.25) is 0 Å². The molecule has 80 valence electrons. The number of nitrogens with two attached hydrogens (primary N) is 1. The van der Waals surface area contributed by atoms with E-state index in [4.69, 9.17) is 17.3 Å². The largest absolute Gasteiger partial charge is 0.370 e. The molecule has 1 aromatic carbocycles. The average molecular weight is 224 g/mol. The zero-order valence-electron chi connectivity index (χ0n) is 8.65. The van der Waals surface area contributed by atoms with Crippen molar-refractivity contribution in [3.05, 3.63) is 29.3 Å². The minimum absolute atomic E-state index is 0.381. The minimum atomic E-state index is 0.381. The van der Waals surface area contributed by atoms with Crippen molar-refractivity contribution in [2.75, 3.05) is 11.4 Å². The fourth-order valence-electron chi connectivity index (χ4n) is 1.80. The molecule has 1 aromatic rings. The van der Waals surface area contributed by atoms with Crippen molar-refractivity contribution in [1.82, 2.24) is 0 Å². The predicted molar refractivity (Wildman–Crippen MR) is 64.5 cm³/mol. The monoisotopic (exact) mass is 223 g/mol. The molecule has 4 heteroatoms. The quantitative estimate of drug-likeness (QED) is 0.836. The Balaban J connectivity index is 2.28. The molecule has 15 heavy (non-hydrogen) atoms. The summed E-state index contributed by atoms with van der Waals surface area (Å²) in [6.07, 6.45) is 1.03. The van der Waals surface area contributed by atoms with E-state index in [9.17, 15) is 0 Å². The Morgan fingerprint density at radius 3 is 2.73 bits per heavy atom. The summed E-state index contributed by atoms with van der Waals surface area (Å²) in [4.78, 5) is 6.32. The zero-order valence-corrected chi connectivity index (χ0v) is 9.41. The number of guanidine groups is 1. The summed E-state index contributed by atoms with van der Waals surface area (Å²) in [5.74, 6) is 0.601. The third-order valence-corrected chi connectivity index (χ3v) is 2.90. The number of hydrogen-bond acceptors (Lipinski definition) is 3. The Bertz CT molecular complexity index is 372. The first-order valence-corrected chi connectivity index (χ1v) is 5.45. The van der Waals surface area contributed by atoms with Crippen LogP contribution in [0.4, 0.5) is 5.69 Å². The summed E-state index contributed by atoms with van der Waals surface area (Å²) in [6, 6.07) is 8.06. The van der Waals surface area contributed by atoms with Gasteiger partial charge in [0.25, 0.3) is 0 Å². The third kappa shape index (κ3) is 1.92. The Kier molecular flexibility index (Phi) is 2.82. The van der Waals surface area contributed by atoms with Crippen molar-refractivity contribution in [1.29, 1.82) is 0 Å². The SMILES string of the molecule is CCC1CN=C(N)N1c1ccc(Cl)cc1. The molecule has 3 nitrogen and oxygen atoms in total. The summed E-state index contributed by atoms with van der Waals surface area (Å²) in [7, 11) is 0. The van der Waals surface area contributed by atoms with Crippen molar-refractivity contribution in [3.8, 4) is 0 Å². The zero-order chi connectivity index (χ0) is 10.8. The molecular formula is C11H14ClN3. The highest BCUT2D eigenvalue weighted by Crippen LogP contribution is 2.23. The van der Waals surface area contributed by atoms with Crippen molar-refractivity contribution in [2.24, 2.45) is 10.7 Å². The van der Waals surface area contributed by atoms with E-state index < -0.39 is 0 Å². The highest BCUT2D eigenvalue weighted by atomic mass is 35.5. The molecule has 0 spiro atoms. The van der Waals surface area contributed by atoms with Gasteiger partial charge in [-0.25, -0.2) is 0 Å². The Morgan fingerprint density at radius 1 is 1.47 bits per heavy atom. The Hall–Kier alpha value is -1.22. The number of benzene rings is 1. The molecule has 1 aliphatic heterocycles. The van der Waals surface area contributed by atoms with Crippen molar-refractivity contribution < 1.29 is 0 Å². The van der Waals surface area contributed by atoms with Crippen molar-refractivity contribution in [2.45, 2.75) is 19.4 Å². The van der Waals surface area contributed by atoms with E-state index in [0.717, 1.165) is 23.7 Å². The van der Waals surface area contributed by atoms with Crippen molar-refractivity contribution >= 4 is 23.2 Å². The number of rotatable bonds is 2. The fraction of sp³-hybridized carbons (Fsp3) is 0.364. The summed E-state index contributed by atoms with van der Waals surface area (Å²) < 4.78 is 0. The molecule has 0 radical (unpaired) electrons. The van der Waals surface area contributed by atoms with E-state index in [1.807, 2.05) is 24.3 Å². The molecule has 0 aliphatic carbocycles. The second-order valence-electron chi connectivity index (χ2n) is 3.61. The van der Waals surface area contributed by atoms with Crippen LogP contribution in [0, 0.1) is 0 Å².